The van der Waals surface area contributed by atoms with Crippen LogP contribution in [0.2, 0.25) is 0 Å². The zero-order valence-corrected chi connectivity index (χ0v) is 23.1. The number of nitrogens with one attached hydrogen (secondary N) is 1. The summed E-state index contributed by atoms with van der Waals surface area (Å²) in [5.41, 5.74) is -2.94. The topological polar surface area (TPSA) is 77.1 Å². The van der Waals surface area contributed by atoms with Crippen LogP contribution in [0, 0.1) is 11.8 Å². The van der Waals surface area contributed by atoms with Gasteiger partial charge < -0.3 is 24.4 Å². The number of benzene rings is 2. The van der Waals surface area contributed by atoms with Gasteiger partial charge in [0.05, 0.1) is 23.3 Å². The summed E-state index contributed by atoms with van der Waals surface area (Å²) in [6, 6.07) is 8.42. The molecule has 7 nitrogen and oxygen atoms in total. The van der Waals surface area contributed by atoms with Crippen molar-refractivity contribution in [1.82, 2.24) is 10.2 Å². The normalized spacial score (nSPS) is 20.7. The van der Waals surface area contributed by atoms with E-state index in [0.717, 1.165) is 5.56 Å². The third kappa shape index (κ3) is 7.54. The van der Waals surface area contributed by atoms with Gasteiger partial charge in [-0.1, -0.05) is 12.1 Å². The van der Waals surface area contributed by atoms with E-state index in [2.05, 4.69) is 5.32 Å². The highest BCUT2D eigenvalue weighted by atomic mass is 19.4. The lowest BCUT2D eigenvalue weighted by atomic mass is 10.0. The standard InChI is InChI=1S/C29H32F6N2O5/c1-3-40-24(27(39)41-4-2)13-17-5-8-19(9-6-17)42-12-11-36-25-21-15-37(16-22(21)25)26(38)20-10-7-18(28(30,31)32)14-23(20)29(33,34)35/h5-10,14,21-22,24-25,36H,3-4,11-13,15-16H2,1-2H3/t21-,22?,24-,25?/m0/s1. The van der Waals surface area contributed by atoms with E-state index >= 15 is 0 Å². The Labute approximate surface area is 239 Å². The Morgan fingerprint density at radius 2 is 1.62 bits per heavy atom. The first-order chi connectivity index (χ1) is 19.8. The van der Waals surface area contributed by atoms with Crippen LogP contribution in [-0.2, 0) is 33.0 Å². The first-order valence-electron chi connectivity index (χ1n) is 13.6. The van der Waals surface area contributed by atoms with Crippen LogP contribution in [0.1, 0.15) is 40.9 Å². The molecule has 1 aliphatic carbocycles. The molecule has 2 aliphatic rings. The van der Waals surface area contributed by atoms with Crippen molar-refractivity contribution in [3.8, 4) is 5.75 Å². The van der Waals surface area contributed by atoms with Crippen LogP contribution in [0.4, 0.5) is 26.3 Å². The number of likely N-dealkylation sites (tertiary alicyclic amines) is 1. The molecule has 2 aromatic rings. The highest BCUT2D eigenvalue weighted by Crippen LogP contribution is 2.46. The van der Waals surface area contributed by atoms with Crippen LogP contribution in [0.15, 0.2) is 42.5 Å². The van der Waals surface area contributed by atoms with E-state index in [4.69, 9.17) is 14.2 Å². The van der Waals surface area contributed by atoms with Gasteiger partial charge in [-0.3, -0.25) is 4.79 Å². The molecule has 1 aliphatic heterocycles. The molecular formula is C29H32F6N2O5. The molecule has 2 aromatic carbocycles. The molecule has 1 heterocycles. The van der Waals surface area contributed by atoms with Crippen LogP contribution in [0.25, 0.3) is 0 Å². The summed E-state index contributed by atoms with van der Waals surface area (Å²) in [4.78, 5) is 26.1. The molecule has 0 aromatic heterocycles. The second kappa shape index (κ2) is 12.9. The first-order valence-corrected chi connectivity index (χ1v) is 13.6. The number of amides is 1. The number of nitrogens with zero attached hydrogens (tertiary/aromatic N) is 1. The maximum atomic E-state index is 13.5. The molecule has 0 spiro atoms. The van der Waals surface area contributed by atoms with Crippen LogP contribution in [0.5, 0.6) is 5.75 Å². The summed E-state index contributed by atoms with van der Waals surface area (Å²) in [5.74, 6) is -0.601. The second-order valence-electron chi connectivity index (χ2n) is 10.2. The van der Waals surface area contributed by atoms with Crippen molar-refractivity contribution in [2.24, 2.45) is 11.8 Å². The third-order valence-corrected chi connectivity index (χ3v) is 7.38. The summed E-state index contributed by atoms with van der Waals surface area (Å²) in [6.45, 7) is 5.48. The number of piperidine rings is 1. The largest absolute Gasteiger partial charge is 0.492 e. The van der Waals surface area contributed by atoms with Gasteiger partial charge in [0.1, 0.15) is 12.4 Å². The lowest BCUT2D eigenvalue weighted by Crippen LogP contribution is -2.37. The summed E-state index contributed by atoms with van der Waals surface area (Å²) < 4.78 is 95.6. The minimum absolute atomic E-state index is 0.0109. The SMILES string of the molecule is CCOC(=O)[C@H](Cc1ccc(OCCNC2C3CN(C(=O)c4ccc(C(F)(F)F)cc4C(F)(F)F)C[C@@H]32)cc1)OCC. The van der Waals surface area contributed by atoms with E-state index in [1.54, 1.807) is 26.0 Å². The van der Waals surface area contributed by atoms with E-state index in [-0.39, 0.29) is 43.6 Å². The average Bonchev–Trinajstić information content (AvgIpc) is 3.37. The van der Waals surface area contributed by atoms with Crippen molar-refractivity contribution in [2.75, 3.05) is 39.5 Å². The number of ether oxygens (including phenoxy) is 3. The van der Waals surface area contributed by atoms with Crippen molar-refractivity contribution < 1.29 is 50.1 Å². The second-order valence-corrected chi connectivity index (χ2v) is 10.2. The minimum Gasteiger partial charge on any atom is -0.492 e. The highest BCUT2D eigenvalue weighted by Gasteiger charge is 2.56. The summed E-state index contributed by atoms with van der Waals surface area (Å²) in [6.07, 6.45) is -10.4. The Morgan fingerprint density at radius 3 is 2.19 bits per heavy atom. The number of esters is 1. The molecule has 0 radical (unpaired) electrons. The van der Waals surface area contributed by atoms with Crippen molar-refractivity contribution in [1.29, 1.82) is 0 Å². The van der Waals surface area contributed by atoms with E-state index in [0.29, 0.717) is 44.1 Å². The van der Waals surface area contributed by atoms with E-state index in [1.165, 1.54) is 4.90 Å². The number of alkyl halides is 6. The van der Waals surface area contributed by atoms with Crippen LogP contribution in [-0.4, -0.2) is 68.4 Å². The van der Waals surface area contributed by atoms with Gasteiger partial charge in [0.2, 0.25) is 0 Å². The lowest BCUT2D eigenvalue weighted by Gasteiger charge is -2.23. The number of halogens is 6. The van der Waals surface area contributed by atoms with Crippen molar-refractivity contribution in [2.45, 2.75) is 44.8 Å². The maximum Gasteiger partial charge on any atom is 0.417 e. The van der Waals surface area contributed by atoms with Gasteiger partial charge in [0, 0.05) is 38.7 Å². The minimum atomic E-state index is -5.10. The molecule has 1 saturated heterocycles. The molecule has 4 rings (SSSR count). The Morgan fingerprint density at radius 1 is 0.952 bits per heavy atom. The van der Waals surface area contributed by atoms with Gasteiger partial charge >= 0.3 is 18.3 Å². The lowest BCUT2D eigenvalue weighted by molar-refractivity contribution is -0.156. The zero-order chi connectivity index (χ0) is 30.7. The van der Waals surface area contributed by atoms with E-state index in [1.807, 2.05) is 12.1 Å². The Balaban J connectivity index is 1.22. The molecule has 230 valence electrons. The zero-order valence-electron chi connectivity index (χ0n) is 23.1. The fourth-order valence-electron chi connectivity index (χ4n) is 5.28. The summed E-state index contributed by atoms with van der Waals surface area (Å²) in [7, 11) is 0. The molecule has 2 unspecified atom stereocenters. The van der Waals surface area contributed by atoms with Gasteiger partial charge in [-0.2, -0.15) is 26.3 Å². The molecule has 0 bridgehead atoms. The fourth-order valence-corrected chi connectivity index (χ4v) is 5.28. The molecule has 4 atom stereocenters. The fraction of sp³-hybridized carbons (Fsp3) is 0.517. The number of carbonyl (C=O) groups excluding carboxylic acids is 2. The van der Waals surface area contributed by atoms with Gasteiger partial charge in [-0.15, -0.1) is 0 Å². The number of hydrogen-bond acceptors (Lipinski definition) is 6. The van der Waals surface area contributed by atoms with Crippen LogP contribution < -0.4 is 10.1 Å². The number of fused-ring (bicyclic) bond motifs is 1. The van der Waals surface area contributed by atoms with E-state index in [9.17, 15) is 35.9 Å². The average molecular weight is 603 g/mol. The maximum absolute atomic E-state index is 13.5. The molecular weight excluding hydrogens is 570 g/mol. The Kier molecular flexibility index (Phi) is 9.71. The monoisotopic (exact) mass is 602 g/mol. The van der Waals surface area contributed by atoms with Gasteiger partial charge in [0.15, 0.2) is 6.10 Å². The first kappa shape index (κ1) is 31.6. The van der Waals surface area contributed by atoms with Crippen molar-refractivity contribution in [3.05, 3.63) is 64.7 Å². The predicted octanol–water partition coefficient (Wildman–Crippen LogP) is 4.97. The van der Waals surface area contributed by atoms with E-state index < -0.39 is 47.0 Å². The molecule has 1 N–H and O–H groups in total. The summed E-state index contributed by atoms with van der Waals surface area (Å²) in [5, 5.41) is 3.33. The number of hydrogen-bond donors (Lipinski definition) is 1. The van der Waals surface area contributed by atoms with Crippen LogP contribution >= 0.6 is 0 Å². The molecule has 42 heavy (non-hydrogen) atoms. The van der Waals surface area contributed by atoms with Crippen molar-refractivity contribution >= 4 is 11.9 Å². The Bertz CT molecular complexity index is 1240. The van der Waals surface area contributed by atoms with Gasteiger partial charge in [-0.25, -0.2) is 4.79 Å². The number of carbonyl (C=O) groups is 2. The quantitative estimate of drug-likeness (QED) is 0.210. The smallest absolute Gasteiger partial charge is 0.417 e. The predicted molar refractivity (Wildman–Crippen MR) is 139 cm³/mol. The number of rotatable bonds is 12. The Hall–Kier alpha value is -3.32. The third-order valence-electron chi connectivity index (χ3n) is 7.38. The summed E-state index contributed by atoms with van der Waals surface area (Å²) >= 11 is 0. The van der Waals surface area contributed by atoms with Gasteiger partial charge in [0.25, 0.3) is 5.91 Å². The molecule has 2 fully saturated rings. The molecule has 1 amide bonds. The van der Waals surface area contributed by atoms with Crippen LogP contribution in [0.3, 0.4) is 0 Å². The molecule has 1 saturated carbocycles. The highest BCUT2D eigenvalue weighted by molar-refractivity contribution is 5.96. The van der Waals surface area contributed by atoms with Crippen molar-refractivity contribution in [3.63, 3.8) is 0 Å². The molecule has 13 heteroatoms. The van der Waals surface area contributed by atoms with Gasteiger partial charge in [-0.05, 0) is 61.6 Å².